The van der Waals surface area contributed by atoms with Gasteiger partial charge in [0.25, 0.3) is 0 Å². The molecule has 0 fully saturated rings. The van der Waals surface area contributed by atoms with Crippen molar-refractivity contribution in [3.8, 4) is 6.07 Å². The third-order valence-electron chi connectivity index (χ3n) is 2.22. The lowest BCUT2D eigenvalue weighted by molar-refractivity contribution is 0.0833. The second-order valence-electron chi connectivity index (χ2n) is 3.39. The van der Waals surface area contributed by atoms with Crippen LogP contribution < -0.4 is 5.32 Å². The van der Waals surface area contributed by atoms with E-state index < -0.39 is 25.4 Å². The Morgan fingerprint density at radius 1 is 1.31 bits per heavy atom. The molecule has 0 aliphatic carbocycles. The summed E-state index contributed by atoms with van der Waals surface area (Å²) in [5, 5.41) is 38.9. The maximum atomic E-state index is 9.12. The molecule has 0 atom stereocenters. The number of nitriles is 1. The third-order valence-corrected chi connectivity index (χ3v) is 2.22. The Morgan fingerprint density at radius 2 is 1.94 bits per heavy atom. The summed E-state index contributed by atoms with van der Waals surface area (Å²) in [6.45, 7) is -1.38. The van der Waals surface area contributed by atoms with Gasteiger partial charge in [-0.2, -0.15) is 5.26 Å². The molecule has 16 heavy (non-hydrogen) atoms. The zero-order chi connectivity index (χ0) is 12.0. The molecule has 1 aromatic rings. The van der Waals surface area contributed by atoms with E-state index in [9.17, 15) is 0 Å². The Labute approximate surface area is 92.8 Å². The molecule has 6 nitrogen and oxygen atoms in total. The van der Waals surface area contributed by atoms with Crippen LogP contribution in [0.5, 0.6) is 0 Å². The molecule has 0 unspecified atom stereocenters. The zero-order valence-corrected chi connectivity index (χ0v) is 8.59. The Hall–Kier alpha value is -1.68. The van der Waals surface area contributed by atoms with E-state index >= 15 is 0 Å². The van der Waals surface area contributed by atoms with Crippen molar-refractivity contribution in [3.63, 3.8) is 0 Å². The van der Waals surface area contributed by atoms with Crippen LogP contribution in [-0.4, -0.2) is 45.7 Å². The molecule has 0 saturated carbocycles. The van der Waals surface area contributed by atoms with Gasteiger partial charge in [0.1, 0.15) is 11.6 Å². The molecule has 0 bridgehead atoms. The summed E-state index contributed by atoms with van der Waals surface area (Å²) < 4.78 is 0. The van der Waals surface area contributed by atoms with E-state index in [2.05, 4.69) is 10.3 Å². The van der Waals surface area contributed by atoms with Crippen molar-refractivity contribution in [2.45, 2.75) is 5.54 Å². The second kappa shape index (κ2) is 5.42. The summed E-state index contributed by atoms with van der Waals surface area (Å²) in [7, 11) is 0. The Bertz CT molecular complexity index is 377. The minimum Gasteiger partial charge on any atom is -0.394 e. The predicted molar refractivity (Wildman–Crippen MR) is 56.6 cm³/mol. The highest BCUT2D eigenvalue weighted by Crippen LogP contribution is 2.17. The molecule has 0 saturated heterocycles. The first-order valence-electron chi connectivity index (χ1n) is 4.67. The van der Waals surface area contributed by atoms with E-state index in [1.807, 2.05) is 6.07 Å². The summed E-state index contributed by atoms with van der Waals surface area (Å²) in [4.78, 5) is 3.82. The summed E-state index contributed by atoms with van der Waals surface area (Å²) in [6.07, 6.45) is 1.46. The lowest BCUT2D eigenvalue weighted by atomic mass is 10.0. The summed E-state index contributed by atoms with van der Waals surface area (Å²) in [5.74, 6) is 0. The summed E-state index contributed by atoms with van der Waals surface area (Å²) >= 11 is 0. The Kier molecular flexibility index (Phi) is 4.19. The first-order valence-corrected chi connectivity index (χ1v) is 4.67. The Balaban J connectivity index is 2.99. The van der Waals surface area contributed by atoms with Crippen molar-refractivity contribution in [2.75, 3.05) is 25.1 Å². The predicted octanol–water partition coefficient (Wildman–Crippen LogP) is -0.919. The fourth-order valence-electron chi connectivity index (χ4n) is 1.15. The SMILES string of the molecule is N#Cc1ncccc1NC(CO)(CO)CO. The highest BCUT2D eigenvalue weighted by Gasteiger charge is 2.28. The van der Waals surface area contributed by atoms with Crippen LogP contribution in [0.4, 0.5) is 5.69 Å². The van der Waals surface area contributed by atoms with Crippen molar-refractivity contribution in [3.05, 3.63) is 24.0 Å². The monoisotopic (exact) mass is 223 g/mol. The van der Waals surface area contributed by atoms with E-state index in [0.29, 0.717) is 5.69 Å². The lowest BCUT2D eigenvalue weighted by Crippen LogP contribution is -2.49. The molecule has 0 aliphatic rings. The van der Waals surface area contributed by atoms with Crippen LogP contribution in [-0.2, 0) is 0 Å². The first-order chi connectivity index (χ1) is 7.71. The molecule has 0 aliphatic heterocycles. The van der Waals surface area contributed by atoms with Gasteiger partial charge in [0.2, 0.25) is 0 Å². The molecule has 0 aromatic carbocycles. The van der Waals surface area contributed by atoms with E-state index in [1.165, 1.54) is 6.20 Å². The van der Waals surface area contributed by atoms with Gasteiger partial charge in [0.05, 0.1) is 25.5 Å². The van der Waals surface area contributed by atoms with Gasteiger partial charge < -0.3 is 20.6 Å². The molecule has 1 heterocycles. The van der Waals surface area contributed by atoms with E-state index in [1.54, 1.807) is 12.1 Å². The van der Waals surface area contributed by atoms with Crippen molar-refractivity contribution in [1.29, 1.82) is 5.26 Å². The highest BCUT2D eigenvalue weighted by atomic mass is 16.3. The quantitative estimate of drug-likeness (QED) is 0.514. The maximum absolute atomic E-state index is 9.12. The molecule has 0 radical (unpaired) electrons. The largest absolute Gasteiger partial charge is 0.394 e. The molecular weight excluding hydrogens is 210 g/mol. The van der Waals surface area contributed by atoms with Crippen molar-refractivity contribution in [2.24, 2.45) is 0 Å². The standard InChI is InChI=1S/C10H13N3O3/c11-4-9-8(2-1-3-12-9)13-10(5-14,6-15)7-16/h1-3,13-16H,5-7H2. The molecule has 0 spiro atoms. The molecule has 0 amide bonds. The molecule has 1 aromatic heterocycles. The second-order valence-corrected chi connectivity index (χ2v) is 3.39. The number of pyridine rings is 1. The van der Waals surface area contributed by atoms with Crippen LogP contribution in [0.1, 0.15) is 5.69 Å². The van der Waals surface area contributed by atoms with Crippen LogP contribution in [0, 0.1) is 11.3 Å². The van der Waals surface area contributed by atoms with Crippen molar-refractivity contribution < 1.29 is 15.3 Å². The van der Waals surface area contributed by atoms with Gasteiger partial charge in [0.15, 0.2) is 5.69 Å². The number of rotatable bonds is 5. The van der Waals surface area contributed by atoms with Crippen LogP contribution >= 0.6 is 0 Å². The van der Waals surface area contributed by atoms with Gasteiger partial charge in [0, 0.05) is 6.20 Å². The number of nitrogens with zero attached hydrogens (tertiary/aromatic N) is 2. The Morgan fingerprint density at radius 3 is 2.44 bits per heavy atom. The summed E-state index contributed by atoms with van der Waals surface area (Å²) in [5.41, 5.74) is -0.751. The average molecular weight is 223 g/mol. The number of aliphatic hydroxyl groups excluding tert-OH is 3. The fourth-order valence-corrected chi connectivity index (χ4v) is 1.15. The van der Waals surface area contributed by atoms with Gasteiger partial charge in [-0.25, -0.2) is 4.98 Å². The zero-order valence-electron chi connectivity index (χ0n) is 8.59. The molecule has 6 heteroatoms. The van der Waals surface area contributed by atoms with Gasteiger partial charge in [-0.3, -0.25) is 0 Å². The maximum Gasteiger partial charge on any atom is 0.163 e. The minimum atomic E-state index is -1.26. The molecule has 1 rings (SSSR count). The number of nitrogens with one attached hydrogen (secondary N) is 1. The van der Waals surface area contributed by atoms with E-state index in [4.69, 9.17) is 20.6 Å². The van der Waals surface area contributed by atoms with Gasteiger partial charge >= 0.3 is 0 Å². The van der Waals surface area contributed by atoms with Crippen LogP contribution in [0.25, 0.3) is 0 Å². The number of aliphatic hydroxyl groups is 3. The highest BCUT2D eigenvalue weighted by molar-refractivity contribution is 5.55. The number of aromatic nitrogens is 1. The first kappa shape index (κ1) is 12.4. The van der Waals surface area contributed by atoms with Gasteiger partial charge in [-0.05, 0) is 12.1 Å². The topological polar surface area (TPSA) is 109 Å². The number of hydrogen-bond acceptors (Lipinski definition) is 6. The van der Waals surface area contributed by atoms with Crippen molar-refractivity contribution in [1.82, 2.24) is 4.98 Å². The average Bonchev–Trinajstić information content (AvgIpc) is 2.36. The van der Waals surface area contributed by atoms with E-state index in [-0.39, 0.29) is 5.69 Å². The normalized spacial score (nSPS) is 10.9. The van der Waals surface area contributed by atoms with E-state index in [0.717, 1.165) is 0 Å². The smallest absolute Gasteiger partial charge is 0.163 e. The number of anilines is 1. The summed E-state index contributed by atoms with van der Waals surface area (Å²) in [6, 6.07) is 5.07. The van der Waals surface area contributed by atoms with Gasteiger partial charge in [-0.1, -0.05) is 0 Å². The van der Waals surface area contributed by atoms with Crippen LogP contribution in [0.3, 0.4) is 0 Å². The van der Waals surface area contributed by atoms with Crippen LogP contribution in [0.15, 0.2) is 18.3 Å². The van der Waals surface area contributed by atoms with Crippen LogP contribution in [0.2, 0.25) is 0 Å². The van der Waals surface area contributed by atoms with Gasteiger partial charge in [-0.15, -0.1) is 0 Å². The molecular formula is C10H13N3O3. The fraction of sp³-hybridized carbons (Fsp3) is 0.400. The third kappa shape index (κ3) is 2.46. The molecule has 4 N–H and O–H groups in total. The minimum absolute atomic E-state index is 0.141. The number of hydrogen-bond donors (Lipinski definition) is 4. The lowest BCUT2D eigenvalue weighted by Gasteiger charge is -2.29. The molecule has 86 valence electrons. The van der Waals surface area contributed by atoms with Crippen molar-refractivity contribution >= 4 is 5.69 Å².